The van der Waals surface area contributed by atoms with Crippen molar-refractivity contribution in [1.82, 2.24) is 14.2 Å². The predicted octanol–water partition coefficient (Wildman–Crippen LogP) is 3.02. The van der Waals surface area contributed by atoms with Gasteiger partial charge in [-0.2, -0.15) is 4.31 Å². The van der Waals surface area contributed by atoms with Crippen molar-refractivity contribution in [3.05, 3.63) is 53.9 Å². The first-order valence-corrected chi connectivity index (χ1v) is 13.6. The molecule has 2 heterocycles. The van der Waals surface area contributed by atoms with Gasteiger partial charge < -0.3 is 14.7 Å². The van der Waals surface area contributed by atoms with Crippen LogP contribution < -0.4 is 4.74 Å². The van der Waals surface area contributed by atoms with Gasteiger partial charge in [-0.3, -0.25) is 9.78 Å². The minimum atomic E-state index is -3.94. The van der Waals surface area contributed by atoms with Crippen LogP contribution in [-0.2, 0) is 10.0 Å². The molecule has 1 N–H and O–H groups in total. The summed E-state index contributed by atoms with van der Waals surface area (Å²) in [4.78, 5) is 18.6. The third-order valence-electron chi connectivity index (χ3n) is 6.09. The second kappa shape index (κ2) is 11.9. The molecule has 0 spiro atoms. The van der Waals surface area contributed by atoms with Crippen molar-refractivity contribution in [2.45, 2.75) is 51.2 Å². The Kier molecular flexibility index (Phi) is 9.12. The number of benzene rings is 1. The van der Waals surface area contributed by atoms with Crippen molar-refractivity contribution in [3.8, 4) is 17.6 Å². The van der Waals surface area contributed by atoms with Gasteiger partial charge in [0.2, 0.25) is 10.0 Å². The fourth-order valence-electron chi connectivity index (χ4n) is 3.92. The first-order valence-electron chi connectivity index (χ1n) is 12.1. The van der Waals surface area contributed by atoms with Crippen molar-refractivity contribution in [1.29, 1.82) is 0 Å². The molecule has 0 unspecified atom stereocenters. The van der Waals surface area contributed by atoms with E-state index in [0.717, 1.165) is 6.42 Å². The zero-order valence-electron chi connectivity index (χ0n) is 21.5. The standard InChI is InChI=1S/C27H35N3O5S/c1-19(2)9-8-10-22-12-13-26-24(15-22)35-25(17-29(5)27(32)23-11-6-7-14-28-23)20(3)16-30(21(4)18-31)36(26,33)34/h6-7,11-15,19-21,25,31H,9,16-18H2,1-5H3/t20-,21+,25-/m0/s1. The molecule has 1 aromatic carbocycles. The van der Waals surface area contributed by atoms with Gasteiger partial charge in [-0.15, -0.1) is 0 Å². The first-order chi connectivity index (χ1) is 17.0. The summed E-state index contributed by atoms with van der Waals surface area (Å²) < 4.78 is 34.8. The number of carbonyl (C=O) groups is 1. The largest absolute Gasteiger partial charge is 0.487 e. The van der Waals surface area contributed by atoms with E-state index in [-0.39, 0.29) is 42.2 Å². The van der Waals surface area contributed by atoms with Crippen LogP contribution in [-0.4, -0.2) is 72.5 Å². The van der Waals surface area contributed by atoms with E-state index >= 15 is 0 Å². The molecule has 3 atom stereocenters. The summed E-state index contributed by atoms with van der Waals surface area (Å²) in [5, 5.41) is 9.80. The Morgan fingerprint density at radius 1 is 1.28 bits per heavy atom. The highest BCUT2D eigenvalue weighted by Gasteiger charge is 2.38. The molecule has 8 nitrogen and oxygen atoms in total. The zero-order chi connectivity index (χ0) is 26.5. The molecular weight excluding hydrogens is 478 g/mol. The molecule has 36 heavy (non-hydrogen) atoms. The van der Waals surface area contributed by atoms with Crippen molar-refractivity contribution < 1.29 is 23.1 Å². The minimum absolute atomic E-state index is 0.0211. The molecular formula is C27H35N3O5S. The fraction of sp³-hybridized carbons (Fsp3) is 0.481. The second-order valence-electron chi connectivity index (χ2n) is 9.70. The van der Waals surface area contributed by atoms with Gasteiger partial charge in [0.15, 0.2) is 0 Å². The number of aromatic nitrogens is 1. The number of ether oxygens (including phenoxy) is 1. The third kappa shape index (κ3) is 6.44. The Morgan fingerprint density at radius 2 is 2.03 bits per heavy atom. The summed E-state index contributed by atoms with van der Waals surface area (Å²) in [5.41, 5.74) is 0.968. The Bertz CT molecular complexity index is 1220. The molecule has 1 aliphatic rings. The van der Waals surface area contributed by atoms with Gasteiger partial charge in [-0.1, -0.05) is 38.7 Å². The Balaban J connectivity index is 2.00. The number of nitrogens with zero attached hydrogens (tertiary/aromatic N) is 3. The third-order valence-corrected chi connectivity index (χ3v) is 8.11. The molecule has 0 fully saturated rings. The molecule has 2 aromatic rings. The van der Waals surface area contributed by atoms with E-state index in [0.29, 0.717) is 17.2 Å². The average molecular weight is 514 g/mol. The Hall–Kier alpha value is -2.93. The summed E-state index contributed by atoms with van der Waals surface area (Å²) in [5.74, 6) is 6.29. The summed E-state index contributed by atoms with van der Waals surface area (Å²) in [7, 11) is -2.27. The molecule has 1 aliphatic heterocycles. The molecule has 0 aliphatic carbocycles. The van der Waals surface area contributed by atoms with Gasteiger partial charge in [-0.25, -0.2) is 8.42 Å². The van der Waals surface area contributed by atoms with E-state index < -0.39 is 22.2 Å². The number of hydrogen-bond donors (Lipinski definition) is 1. The van der Waals surface area contributed by atoms with Crippen LogP contribution >= 0.6 is 0 Å². The lowest BCUT2D eigenvalue weighted by atomic mass is 10.0. The summed E-state index contributed by atoms with van der Waals surface area (Å²) in [6.45, 7) is 7.75. The maximum absolute atomic E-state index is 13.6. The van der Waals surface area contributed by atoms with Gasteiger partial charge >= 0.3 is 0 Å². The average Bonchev–Trinajstić information content (AvgIpc) is 2.85. The number of aliphatic hydroxyl groups is 1. The number of carbonyl (C=O) groups excluding carboxylic acids is 1. The SMILES string of the molecule is CC(C)CC#Cc1ccc2c(c1)O[C@@H](CN(C)C(=O)c1ccccn1)[C@@H](C)CN([C@H](C)CO)S2(=O)=O. The topological polar surface area (TPSA) is 100 Å². The van der Waals surface area contributed by atoms with E-state index in [1.165, 1.54) is 15.3 Å². The Labute approximate surface area is 214 Å². The van der Waals surface area contributed by atoms with E-state index in [9.17, 15) is 18.3 Å². The highest BCUT2D eigenvalue weighted by molar-refractivity contribution is 7.89. The van der Waals surface area contributed by atoms with Crippen molar-refractivity contribution >= 4 is 15.9 Å². The minimum Gasteiger partial charge on any atom is -0.487 e. The quantitative estimate of drug-likeness (QED) is 0.596. The lowest BCUT2D eigenvalue weighted by Gasteiger charge is -2.37. The normalized spacial score (nSPS) is 20.2. The predicted molar refractivity (Wildman–Crippen MR) is 138 cm³/mol. The van der Waals surface area contributed by atoms with Gasteiger partial charge in [-0.05, 0) is 43.2 Å². The van der Waals surface area contributed by atoms with Crippen LogP contribution in [0.5, 0.6) is 5.75 Å². The molecule has 1 amide bonds. The van der Waals surface area contributed by atoms with Crippen LogP contribution in [0.2, 0.25) is 0 Å². The summed E-state index contributed by atoms with van der Waals surface area (Å²) in [6.07, 6.45) is 1.77. The van der Waals surface area contributed by atoms with Gasteiger partial charge in [0.1, 0.15) is 22.4 Å². The fourth-order valence-corrected chi connectivity index (χ4v) is 5.74. The number of fused-ring (bicyclic) bond motifs is 1. The van der Waals surface area contributed by atoms with E-state index in [1.807, 2.05) is 6.92 Å². The highest BCUT2D eigenvalue weighted by Crippen LogP contribution is 2.34. The molecule has 0 saturated heterocycles. The summed E-state index contributed by atoms with van der Waals surface area (Å²) >= 11 is 0. The maximum Gasteiger partial charge on any atom is 0.272 e. The Morgan fingerprint density at radius 3 is 2.67 bits per heavy atom. The molecule has 1 aromatic heterocycles. The van der Waals surface area contributed by atoms with Crippen LogP contribution in [0.3, 0.4) is 0 Å². The number of pyridine rings is 1. The lowest BCUT2D eigenvalue weighted by Crippen LogP contribution is -2.50. The smallest absolute Gasteiger partial charge is 0.272 e. The molecule has 0 bridgehead atoms. The van der Waals surface area contributed by atoms with E-state index in [4.69, 9.17) is 4.74 Å². The molecule has 0 saturated carbocycles. The monoisotopic (exact) mass is 513 g/mol. The lowest BCUT2D eigenvalue weighted by molar-refractivity contribution is 0.0559. The molecule has 0 radical (unpaired) electrons. The molecule has 9 heteroatoms. The molecule has 194 valence electrons. The van der Waals surface area contributed by atoms with Gasteiger partial charge in [0.25, 0.3) is 5.91 Å². The van der Waals surface area contributed by atoms with E-state index in [2.05, 4.69) is 30.7 Å². The maximum atomic E-state index is 13.6. The molecule has 3 rings (SSSR count). The zero-order valence-corrected chi connectivity index (χ0v) is 22.3. The van der Waals surface area contributed by atoms with Crippen LogP contribution in [0, 0.1) is 23.7 Å². The summed E-state index contributed by atoms with van der Waals surface area (Å²) in [6, 6.07) is 9.35. The van der Waals surface area contributed by atoms with Crippen molar-refractivity contribution in [3.63, 3.8) is 0 Å². The van der Waals surface area contributed by atoms with E-state index in [1.54, 1.807) is 50.5 Å². The number of likely N-dealkylation sites (N-methyl/N-ethyl adjacent to an activating group) is 1. The number of sulfonamides is 1. The van der Waals surface area contributed by atoms with Crippen LogP contribution in [0.4, 0.5) is 0 Å². The van der Waals surface area contributed by atoms with Gasteiger partial charge in [0, 0.05) is 43.7 Å². The van der Waals surface area contributed by atoms with Crippen LogP contribution in [0.25, 0.3) is 0 Å². The first kappa shape index (κ1) is 27.7. The number of aliphatic hydroxyl groups excluding tert-OH is 1. The van der Waals surface area contributed by atoms with Crippen LogP contribution in [0.1, 0.15) is 50.2 Å². The number of amides is 1. The van der Waals surface area contributed by atoms with Crippen LogP contribution in [0.15, 0.2) is 47.5 Å². The highest BCUT2D eigenvalue weighted by atomic mass is 32.2. The van der Waals surface area contributed by atoms with Crippen molar-refractivity contribution in [2.24, 2.45) is 11.8 Å². The second-order valence-corrected chi connectivity index (χ2v) is 11.6. The van der Waals surface area contributed by atoms with Crippen molar-refractivity contribution in [2.75, 3.05) is 26.7 Å². The number of hydrogen-bond acceptors (Lipinski definition) is 6. The number of rotatable bonds is 6. The van der Waals surface area contributed by atoms with Gasteiger partial charge in [0.05, 0.1) is 13.2 Å².